The lowest BCUT2D eigenvalue weighted by atomic mass is 9.94. The number of benzene rings is 3. The molecule has 2 aliphatic rings. The van der Waals surface area contributed by atoms with Gasteiger partial charge in [0, 0.05) is 37.1 Å². The Morgan fingerprint density at radius 3 is 2.38 bits per heavy atom. The second kappa shape index (κ2) is 9.71. The van der Waals surface area contributed by atoms with Crippen LogP contribution in [0.4, 0.5) is 11.4 Å². The number of hydrogen-bond donors (Lipinski definition) is 1. The van der Waals surface area contributed by atoms with Gasteiger partial charge >= 0.3 is 0 Å². The van der Waals surface area contributed by atoms with Gasteiger partial charge in [-0.3, -0.25) is 14.5 Å². The van der Waals surface area contributed by atoms with Crippen LogP contribution in [0.25, 0.3) is 5.76 Å². The van der Waals surface area contributed by atoms with Crippen molar-refractivity contribution in [1.29, 1.82) is 0 Å². The Balaban J connectivity index is 1.69. The van der Waals surface area contributed by atoms with Gasteiger partial charge in [0.2, 0.25) is 0 Å². The Kier molecular flexibility index (Phi) is 6.43. The van der Waals surface area contributed by atoms with Crippen molar-refractivity contribution in [3.63, 3.8) is 0 Å². The number of carbonyl (C=O) groups excluding carboxylic acids is 2. The molecule has 190 valence electrons. The van der Waals surface area contributed by atoms with E-state index in [0.717, 1.165) is 5.69 Å². The molecule has 1 fully saturated rings. The summed E-state index contributed by atoms with van der Waals surface area (Å²) in [6, 6.07) is 16.3. The second-order valence-corrected chi connectivity index (χ2v) is 9.24. The molecule has 3 aromatic carbocycles. The van der Waals surface area contributed by atoms with Crippen molar-refractivity contribution < 1.29 is 28.9 Å². The molecule has 0 bridgehead atoms. The van der Waals surface area contributed by atoms with Crippen molar-refractivity contribution in [3.8, 4) is 17.2 Å². The fourth-order valence-corrected chi connectivity index (χ4v) is 4.71. The smallest absolute Gasteiger partial charge is 0.300 e. The number of Topliss-reactive ketones (excluding diaryl/α,β-unsaturated/α-hetero) is 1. The molecule has 1 atom stereocenters. The maximum Gasteiger partial charge on any atom is 0.300 e. The van der Waals surface area contributed by atoms with Crippen LogP contribution in [0.2, 0.25) is 5.02 Å². The summed E-state index contributed by atoms with van der Waals surface area (Å²) < 4.78 is 16.6. The number of aliphatic hydroxyl groups excluding tert-OH is 1. The first-order chi connectivity index (χ1) is 17.8. The molecular formula is C28H25ClN2O6. The van der Waals surface area contributed by atoms with Crippen LogP contribution in [-0.4, -0.2) is 51.2 Å². The lowest BCUT2D eigenvalue weighted by Crippen LogP contribution is -2.29. The maximum atomic E-state index is 13.5. The van der Waals surface area contributed by atoms with E-state index in [1.54, 1.807) is 30.3 Å². The van der Waals surface area contributed by atoms with E-state index in [9.17, 15) is 14.7 Å². The quantitative estimate of drug-likeness (QED) is 0.293. The van der Waals surface area contributed by atoms with E-state index in [4.69, 9.17) is 25.8 Å². The Morgan fingerprint density at radius 1 is 1.00 bits per heavy atom. The summed E-state index contributed by atoms with van der Waals surface area (Å²) in [6.45, 7) is 0.808. The molecule has 9 heteroatoms. The minimum atomic E-state index is -0.888. The largest absolute Gasteiger partial charge is 0.507 e. The van der Waals surface area contributed by atoms with Crippen LogP contribution in [0.5, 0.6) is 17.2 Å². The summed E-state index contributed by atoms with van der Waals surface area (Å²) in [6.07, 6.45) is 0. The zero-order chi connectivity index (χ0) is 26.3. The van der Waals surface area contributed by atoms with Crippen LogP contribution in [0.15, 0.2) is 66.2 Å². The molecule has 1 N–H and O–H groups in total. The van der Waals surface area contributed by atoms with Crippen molar-refractivity contribution in [3.05, 3.63) is 82.4 Å². The second-order valence-electron chi connectivity index (χ2n) is 8.83. The van der Waals surface area contributed by atoms with E-state index >= 15 is 0 Å². The third-order valence-corrected chi connectivity index (χ3v) is 6.71. The number of nitrogens with zero attached hydrogens (tertiary/aromatic N) is 2. The van der Waals surface area contributed by atoms with Crippen molar-refractivity contribution in [1.82, 2.24) is 0 Å². The molecule has 2 heterocycles. The van der Waals surface area contributed by atoms with Gasteiger partial charge in [-0.25, -0.2) is 0 Å². The van der Waals surface area contributed by atoms with E-state index in [2.05, 4.69) is 0 Å². The lowest BCUT2D eigenvalue weighted by Gasteiger charge is -2.27. The van der Waals surface area contributed by atoms with Gasteiger partial charge in [0.15, 0.2) is 11.5 Å². The van der Waals surface area contributed by atoms with Gasteiger partial charge in [-0.05, 0) is 48.0 Å². The average Bonchev–Trinajstić information content (AvgIpc) is 3.18. The SMILES string of the molecule is COc1cc(/C(O)=C2\C(=O)C(=O)N(c3ccc4c(c3)OCCO4)C2c2ccc(N(C)C)cc2)ccc1Cl. The minimum absolute atomic E-state index is 0.0399. The van der Waals surface area contributed by atoms with Gasteiger partial charge in [0.1, 0.15) is 24.7 Å². The molecular weight excluding hydrogens is 496 g/mol. The Bertz CT molecular complexity index is 1420. The van der Waals surface area contributed by atoms with E-state index in [-0.39, 0.29) is 11.3 Å². The number of ether oxygens (including phenoxy) is 3. The summed E-state index contributed by atoms with van der Waals surface area (Å²) in [5, 5.41) is 11.7. The van der Waals surface area contributed by atoms with Crippen molar-refractivity contribution >= 4 is 40.4 Å². The number of rotatable bonds is 5. The van der Waals surface area contributed by atoms with Crippen LogP contribution >= 0.6 is 11.6 Å². The van der Waals surface area contributed by atoms with Gasteiger partial charge < -0.3 is 24.2 Å². The molecule has 0 aromatic heterocycles. The topological polar surface area (TPSA) is 88.5 Å². The number of hydrogen-bond acceptors (Lipinski definition) is 7. The first kappa shape index (κ1) is 24.5. The third kappa shape index (κ3) is 4.34. The molecule has 0 radical (unpaired) electrons. The molecule has 0 aliphatic carbocycles. The number of amides is 1. The number of methoxy groups -OCH3 is 1. The predicted octanol–water partition coefficient (Wildman–Crippen LogP) is 4.81. The molecule has 1 saturated heterocycles. The molecule has 8 nitrogen and oxygen atoms in total. The standard InChI is InChI=1S/C28H25ClN2O6/c1-30(2)18-7-4-16(5-8-18)25-24(26(32)17-6-10-20(29)22(14-17)35-3)27(33)28(34)31(25)19-9-11-21-23(15-19)37-13-12-36-21/h4-11,14-15,25,32H,12-13H2,1-3H3/b26-24+. The first-order valence-corrected chi connectivity index (χ1v) is 12.0. The molecule has 2 aliphatic heterocycles. The summed E-state index contributed by atoms with van der Waals surface area (Å²) in [5.41, 5.74) is 2.31. The monoisotopic (exact) mass is 520 g/mol. The fourth-order valence-electron chi connectivity index (χ4n) is 4.51. The molecule has 0 saturated carbocycles. The van der Waals surface area contributed by atoms with Crippen LogP contribution in [0, 0.1) is 0 Å². The van der Waals surface area contributed by atoms with E-state index in [0.29, 0.717) is 52.3 Å². The number of fused-ring (bicyclic) bond motifs is 1. The van der Waals surface area contributed by atoms with Crippen molar-refractivity contribution in [2.75, 3.05) is 44.2 Å². The van der Waals surface area contributed by atoms with Gasteiger partial charge in [-0.1, -0.05) is 23.7 Å². The maximum absolute atomic E-state index is 13.5. The first-order valence-electron chi connectivity index (χ1n) is 11.6. The number of aliphatic hydroxyl groups is 1. The number of anilines is 2. The Labute approximate surface area is 219 Å². The van der Waals surface area contributed by atoms with E-state index in [1.165, 1.54) is 18.1 Å². The van der Waals surface area contributed by atoms with Gasteiger partial charge in [-0.15, -0.1) is 0 Å². The number of carbonyl (C=O) groups is 2. The Morgan fingerprint density at radius 2 is 1.70 bits per heavy atom. The summed E-state index contributed by atoms with van der Waals surface area (Å²) >= 11 is 6.16. The summed E-state index contributed by atoms with van der Waals surface area (Å²) in [4.78, 5) is 30.2. The van der Waals surface area contributed by atoms with Gasteiger partial charge in [0.05, 0.1) is 23.7 Å². The fraction of sp³-hybridized carbons (Fsp3) is 0.214. The highest BCUT2D eigenvalue weighted by Gasteiger charge is 2.47. The third-order valence-electron chi connectivity index (χ3n) is 6.40. The number of halogens is 1. The molecule has 5 rings (SSSR count). The van der Waals surface area contributed by atoms with Gasteiger partial charge in [0.25, 0.3) is 11.7 Å². The lowest BCUT2D eigenvalue weighted by molar-refractivity contribution is -0.132. The van der Waals surface area contributed by atoms with Gasteiger partial charge in [-0.2, -0.15) is 0 Å². The molecule has 1 unspecified atom stereocenters. The molecule has 3 aromatic rings. The van der Waals surface area contributed by atoms with Crippen molar-refractivity contribution in [2.24, 2.45) is 0 Å². The zero-order valence-electron chi connectivity index (χ0n) is 20.5. The van der Waals surface area contributed by atoms with Crippen molar-refractivity contribution in [2.45, 2.75) is 6.04 Å². The molecule has 1 amide bonds. The summed E-state index contributed by atoms with van der Waals surface area (Å²) in [5.74, 6) is -0.515. The highest BCUT2D eigenvalue weighted by molar-refractivity contribution is 6.51. The van der Waals surface area contributed by atoms with Crippen LogP contribution in [0.1, 0.15) is 17.2 Å². The minimum Gasteiger partial charge on any atom is -0.507 e. The number of ketones is 1. The normalized spacial score (nSPS) is 18.2. The molecule has 37 heavy (non-hydrogen) atoms. The average molecular weight is 521 g/mol. The predicted molar refractivity (Wildman–Crippen MR) is 141 cm³/mol. The highest BCUT2D eigenvalue weighted by atomic mass is 35.5. The van der Waals surface area contributed by atoms with E-state index < -0.39 is 17.7 Å². The van der Waals surface area contributed by atoms with E-state index in [1.807, 2.05) is 43.3 Å². The summed E-state index contributed by atoms with van der Waals surface area (Å²) in [7, 11) is 5.30. The van der Waals surface area contributed by atoms with Crippen LogP contribution in [-0.2, 0) is 9.59 Å². The zero-order valence-corrected chi connectivity index (χ0v) is 21.3. The van der Waals surface area contributed by atoms with Crippen LogP contribution in [0.3, 0.4) is 0 Å². The molecule has 0 spiro atoms. The Hall–Kier alpha value is -4.17. The highest BCUT2D eigenvalue weighted by Crippen LogP contribution is 2.45. The van der Waals surface area contributed by atoms with Crippen LogP contribution < -0.4 is 24.0 Å².